The molecule has 3 rings (SSSR count). The van der Waals surface area contributed by atoms with Crippen LogP contribution in [0.25, 0.3) is 10.9 Å². The molecule has 0 atom stereocenters. The second-order valence-corrected chi connectivity index (χ2v) is 4.91. The van der Waals surface area contributed by atoms with Crippen molar-refractivity contribution in [3.8, 4) is 0 Å². The molecule has 0 aliphatic carbocycles. The van der Waals surface area contributed by atoms with Gasteiger partial charge in [-0.25, -0.2) is 14.4 Å². The summed E-state index contributed by atoms with van der Waals surface area (Å²) in [4.78, 5) is 7.89. The van der Waals surface area contributed by atoms with Crippen LogP contribution in [0.2, 0.25) is 0 Å². The second-order valence-electron chi connectivity index (χ2n) is 4.91. The van der Waals surface area contributed by atoms with Crippen LogP contribution in [0, 0.1) is 5.82 Å². The molecule has 0 spiro atoms. The molecule has 0 saturated carbocycles. The number of nitrogens with one attached hydrogen (secondary N) is 1. The Kier molecular flexibility index (Phi) is 3.85. The number of fused-ring (bicyclic) bond motifs is 1. The van der Waals surface area contributed by atoms with Crippen molar-refractivity contribution in [3.05, 3.63) is 65.7 Å². The van der Waals surface area contributed by atoms with Crippen molar-refractivity contribution in [3.63, 3.8) is 0 Å². The van der Waals surface area contributed by atoms with Crippen LogP contribution in [0.3, 0.4) is 0 Å². The fraction of sp³-hybridized carbons (Fsp3) is 0.125. The van der Waals surface area contributed by atoms with Gasteiger partial charge in [0.2, 0.25) is 0 Å². The van der Waals surface area contributed by atoms with E-state index in [1.165, 1.54) is 24.5 Å². The maximum absolute atomic E-state index is 13.7. The molecule has 1 aromatic heterocycles. The first kappa shape index (κ1) is 15.2. The zero-order valence-electron chi connectivity index (χ0n) is 11.7. The van der Waals surface area contributed by atoms with E-state index in [1.807, 2.05) is 0 Å². The summed E-state index contributed by atoms with van der Waals surface area (Å²) in [6.45, 7) is 0.131. The van der Waals surface area contributed by atoms with Gasteiger partial charge in [-0.2, -0.15) is 13.2 Å². The average molecular weight is 321 g/mol. The molecule has 118 valence electrons. The van der Waals surface area contributed by atoms with Crippen molar-refractivity contribution in [2.24, 2.45) is 0 Å². The molecular weight excluding hydrogens is 310 g/mol. The van der Waals surface area contributed by atoms with E-state index < -0.39 is 17.6 Å². The molecule has 0 unspecified atom stereocenters. The molecule has 0 amide bonds. The summed E-state index contributed by atoms with van der Waals surface area (Å²) in [6, 6.07) is 9.45. The van der Waals surface area contributed by atoms with E-state index >= 15 is 0 Å². The van der Waals surface area contributed by atoms with E-state index in [9.17, 15) is 17.6 Å². The van der Waals surface area contributed by atoms with Gasteiger partial charge >= 0.3 is 6.18 Å². The minimum atomic E-state index is -4.39. The van der Waals surface area contributed by atoms with E-state index in [4.69, 9.17) is 0 Å². The predicted molar refractivity (Wildman–Crippen MR) is 78.3 cm³/mol. The SMILES string of the molecule is Fc1cccc2c(NCc3cccc(C(F)(F)F)c3)ncnc12. The Hall–Kier alpha value is -2.70. The minimum Gasteiger partial charge on any atom is -0.365 e. The van der Waals surface area contributed by atoms with Crippen molar-refractivity contribution < 1.29 is 17.6 Å². The Bertz CT molecular complexity index is 846. The fourth-order valence-corrected chi connectivity index (χ4v) is 2.24. The third-order valence-corrected chi connectivity index (χ3v) is 3.33. The highest BCUT2D eigenvalue weighted by Gasteiger charge is 2.30. The first-order chi connectivity index (χ1) is 10.9. The highest BCUT2D eigenvalue weighted by atomic mass is 19.4. The summed E-state index contributed by atoms with van der Waals surface area (Å²) in [5.74, 6) is -0.112. The monoisotopic (exact) mass is 321 g/mol. The normalized spacial score (nSPS) is 11.7. The van der Waals surface area contributed by atoms with Crippen LogP contribution in [0.5, 0.6) is 0 Å². The fourth-order valence-electron chi connectivity index (χ4n) is 2.24. The summed E-state index contributed by atoms with van der Waals surface area (Å²) in [5, 5.41) is 3.40. The summed E-state index contributed by atoms with van der Waals surface area (Å²) in [7, 11) is 0. The Morgan fingerprint density at radius 3 is 2.57 bits per heavy atom. The van der Waals surface area contributed by atoms with Gasteiger partial charge in [-0.05, 0) is 29.8 Å². The summed E-state index contributed by atoms with van der Waals surface area (Å²) < 4.78 is 51.8. The standard InChI is InChI=1S/C16H11F4N3/c17-13-6-2-5-12-14(13)22-9-23-15(12)21-8-10-3-1-4-11(7-10)16(18,19)20/h1-7,9H,8H2,(H,21,22,23). The lowest BCUT2D eigenvalue weighted by atomic mass is 10.1. The lowest BCUT2D eigenvalue weighted by Gasteiger charge is -2.11. The summed E-state index contributed by atoms with van der Waals surface area (Å²) in [6.07, 6.45) is -3.18. The smallest absolute Gasteiger partial charge is 0.365 e. The topological polar surface area (TPSA) is 37.8 Å². The summed E-state index contributed by atoms with van der Waals surface area (Å²) >= 11 is 0. The second kappa shape index (κ2) is 5.83. The zero-order valence-corrected chi connectivity index (χ0v) is 11.7. The van der Waals surface area contributed by atoms with Gasteiger partial charge in [0, 0.05) is 11.9 Å². The molecule has 3 nitrogen and oxygen atoms in total. The number of alkyl halides is 3. The van der Waals surface area contributed by atoms with Crippen molar-refractivity contribution in [1.29, 1.82) is 0 Å². The third kappa shape index (κ3) is 3.23. The Labute approximate surface area is 129 Å². The van der Waals surface area contributed by atoms with Crippen molar-refractivity contribution >= 4 is 16.7 Å². The van der Waals surface area contributed by atoms with E-state index in [2.05, 4.69) is 15.3 Å². The Balaban J connectivity index is 1.86. The Morgan fingerprint density at radius 2 is 1.78 bits per heavy atom. The van der Waals surface area contributed by atoms with Crippen LogP contribution in [-0.2, 0) is 12.7 Å². The number of anilines is 1. The highest BCUT2D eigenvalue weighted by molar-refractivity contribution is 5.89. The maximum atomic E-state index is 13.7. The van der Waals surface area contributed by atoms with Crippen molar-refractivity contribution in [2.75, 3.05) is 5.32 Å². The van der Waals surface area contributed by atoms with Gasteiger partial charge in [-0.1, -0.05) is 18.2 Å². The molecular formula is C16H11F4N3. The van der Waals surface area contributed by atoms with Crippen LogP contribution in [0.1, 0.15) is 11.1 Å². The molecule has 0 aliphatic heterocycles. The molecule has 1 heterocycles. The molecule has 0 saturated heterocycles. The number of nitrogens with zero attached hydrogens (tertiary/aromatic N) is 2. The van der Waals surface area contributed by atoms with Gasteiger partial charge in [0.05, 0.1) is 5.56 Å². The van der Waals surface area contributed by atoms with Crippen LogP contribution in [0.4, 0.5) is 23.4 Å². The minimum absolute atomic E-state index is 0.131. The predicted octanol–water partition coefficient (Wildman–Crippen LogP) is 4.40. The average Bonchev–Trinajstić information content (AvgIpc) is 2.53. The molecule has 3 aromatic rings. The van der Waals surface area contributed by atoms with Crippen LogP contribution in [0.15, 0.2) is 48.8 Å². The first-order valence-corrected chi connectivity index (χ1v) is 6.74. The number of aromatic nitrogens is 2. The molecule has 0 radical (unpaired) electrons. The van der Waals surface area contributed by atoms with E-state index in [1.54, 1.807) is 12.1 Å². The molecule has 0 bridgehead atoms. The van der Waals surface area contributed by atoms with Gasteiger partial charge in [0.15, 0.2) is 0 Å². The largest absolute Gasteiger partial charge is 0.416 e. The van der Waals surface area contributed by atoms with E-state index in [0.717, 1.165) is 12.1 Å². The maximum Gasteiger partial charge on any atom is 0.416 e. The molecule has 7 heteroatoms. The number of para-hydroxylation sites is 1. The molecule has 23 heavy (non-hydrogen) atoms. The number of hydrogen-bond donors (Lipinski definition) is 1. The summed E-state index contributed by atoms with van der Waals surface area (Å²) in [5.41, 5.74) is -0.104. The zero-order chi connectivity index (χ0) is 16.4. The molecule has 0 fully saturated rings. The number of benzene rings is 2. The van der Waals surface area contributed by atoms with Crippen molar-refractivity contribution in [2.45, 2.75) is 12.7 Å². The van der Waals surface area contributed by atoms with Gasteiger partial charge in [0.1, 0.15) is 23.5 Å². The van der Waals surface area contributed by atoms with Crippen LogP contribution in [-0.4, -0.2) is 9.97 Å². The number of rotatable bonds is 3. The molecule has 2 aromatic carbocycles. The van der Waals surface area contributed by atoms with E-state index in [0.29, 0.717) is 16.8 Å². The van der Waals surface area contributed by atoms with Crippen molar-refractivity contribution in [1.82, 2.24) is 9.97 Å². The van der Waals surface area contributed by atoms with Gasteiger partial charge in [-0.15, -0.1) is 0 Å². The quantitative estimate of drug-likeness (QED) is 0.727. The lowest BCUT2D eigenvalue weighted by Crippen LogP contribution is -2.07. The van der Waals surface area contributed by atoms with Gasteiger partial charge in [-0.3, -0.25) is 0 Å². The first-order valence-electron chi connectivity index (χ1n) is 6.74. The highest BCUT2D eigenvalue weighted by Crippen LogP contribution is 2.30. The van der Waals surface area contributed by atoms with E-state index in [-0.39, 0.29) is 12.1 Å². The molecule has 0 aliphatic rings. The number of halogens is 4. The van der Waals surface area contributed by atoms with Crippen LogP contribution < -0.4 is 5.32 Å². The Morgan fingerprint density at radius 1 is 1.00 bits per heavy atom. The molecule has 1 N–H and O–H groups in total. The number of hydrogen-bond acceptors (Lipinski definition) is 3. The van der Waals surface area contributed by atoms with Crippen LogP contribution >= 0.6 is 0 Å². The third-order valence-electron chi connectivity index (χ3n) is 3.33. The van der Waals surface area contributed by atoms with Gasteiger partial charge in [0.25, 0.3) is 0 Å². The van der Waals surface area contributed by atoms with Gasteiger partial charge < -0.3 is 5.32 Å². The lowest BCUT2D eigenvalue weighted by molar-refractivity contribution is -0.137.